The summed E-state index contributed by atoms with van der Waals surface area (Å²) >= 11 is 6.26. The van der Waals surface area contributed by atoms with Gasteiger partial charge in [-0.05, 0) is 22.6 Å². The molecular weight excluding hydrogens is 255 g/mol. The van der Waals surface area contributed by atoms with Gasteiger partial charge in [0.05, 0.1) is 3.04 Å². The van der Waals surface area contributed by atoms with Crippen LogP contribution in [-0.2, 0) is 0 Å². The number of alkyl halides is 3. The van der Waals surface area contributed by atoms with Gasteiger partial charge < -0.3 is 0 Å². The summed E-state index contributed by atoms with van der Waals surface area (Å²) in [4.78, 5) is 0. The second kappa shape index (κ2) is 2.91. The molecule has 0 fully saturated rings. The molecular formula is C3HClF3I. The van der Waals surface area contributed by atoms with Gasteiger partial charge in [0.1, 0.15) is 0 Å². The Morgan fingerprint density at radius 1 is 1.50 bits per heavy atom. The molecule has 0 saturated carbocycles. The summed E-state index contributed by atoms with van der Waals surface area (Å²) in [6.07, 6.45) is -4.26. The smallest absolute Gasteiger partial charge is 0.167 e. The Hall–Kier alpha value is 0.550. The lowest BCUT2D eigenvalue weighted by Gasteiger charge is -1.95. The Labute approximate surface area is 62.8 Å². The first-order valence-corrected chi connectivity index (χ1v) is 2.98. The molecule has 0 nitrogen and oxygen atoms in total. The first-order valence-electron chi connectivity index (χ1n) is 1.52. The quantitative estimate of drug-likeness (QED) is 0.584. The van der Waals surface area contributed by atoms with E-state index in [2.05, 4.69) is 0 Å². The van der Waals surface area contributed by atoms with Gasteiger partial charge in [-0.15, -0.1) is 0 Å². The maximum absolute atomic E-state index is 11.1. The van der Waals surface area contributed by atoms with E-state index in [-0.39, 0.29) is 9.12 Å². The maximum Gasteiger partial charge on any atom is 0.411 e. The molecule has 0 heterocycles. The molecule has 0 spiro atoms. The predicted molar refractivity (Wildman–Crippen MR) is 34.0 cm³/mol. The molecule has 0 unspecified atom stereocenters. The molecule has 0 aliphatic carbocycles. The van der Waals surface area contributed by atoms with Crippen molar-refractivity contribution in [2.75, 3.05) is 0 Å². The Morgan fingerprint density at radius 2 is 1.88 bits per heavy atom. The highest BCUT2D eigenvalue weighted by molar-refractivity contribution is 14.1. The topological polar surface area (TPSA) is 0 Å². The predicted octanol–water partition coefficient (Wildman–Crippen LogP) is 3.06. The van der Waals surface area contributed by atoms with Gasteiger partial charge in [-0.2, -0.15) is 13.2 Å². The van der Waals surface area contributed by atoms with Crippen LogP contribution in [-0.4, -0.2) is 6.18 Å². The summed E-state index contributed by atoms with van der Waals surface area (Å²) < 4.78 is 33.1. The van der Waals surface area contributed by atoms with Crippen LogP contribution in [0.15, 0.2) is 9.12 Å². The molecule has 0 aromatic heterocycles. The minimum atomic E-state index is -4.28. The van der Waals surface area contributed by atoms with E-state index in [1.165, 1.54) is 22.6 Å². The molecule has 0 N–H and O–H groups in total. The molecule has 0 atom stereocenters. The van der Waals surface area contributed by atoms with Crippen molar-refractivity contribution in [2.45, 2.75) is 6.18 Å². The number of rotatable bonds is 0. The van der Waals surface area contributed by atoms with Crippen molar-refractivity contribution in [1.82, 2.24) is 0 Å². The molecule has 5 heteroatoms. The Bertz CT molecular complexity index is 102. The zero-order valence-electron chi connectivity index (χ0n) is 3.47. The number of hydrogen-bond acceptors (Lipinski definition) is 0. The van der Waals surface area contributed by atoms with E-state index in [0.29, 0.717) is 0 Å². The third-order valence-electron chi connectivity index (χ3n) is 0.273. The fourth-order valence-corrected chi connectivity index (χ4v) is 0.601. The van der Waals surface area contributed by atoms with Crippen molar-refractivity contribution in [1.29, 1.82) is 0 Å². The second-order valence-electron chi connectivity index (χ2n) is 0.976. The third-order valence-corrected chi connectivity index (χ3v) is 0.693. The first-order chi connectivity index (χ1) is 3.42. The average molecular weight is 256 g/mol. The van der Waals surface area contributed by atoms with E-state index in [0.717, 1.165) is 0 Å². The molecule has 0 aromatic rings. The van der Waals surface area contributed by atoms with Crippen LogP contribution in [0, 0.1) is 0 Å². The summed E-state index contributed by atoms with van der Waals surface area (Å²) in [7, 11) is 0. The minimum absolute atomic E-state index is 0.0229. The van der Waals surface area contributed by atoms with Gasteiger partial charge in [0, 0.05) is 6.08 Å². The molecule has 0 amide bonds. The van der Waals surface area contributed by atoms with Crippen LogP contribution in [0.2, 0.25) is 0 Å². The normalized spacial score (nSPS) is 14.4. The largest absolute Gasteiger partial charge is 0.411 e. The van der Waals surface area contributed by atoms with Crippen LogP contribution in [0.1, 0.15) is 0 Å². The van der Waals surface area contributed by atoms with E-state index < -0.39 is 6.18 Å². The zero-order valence-corrected chi connectivity index (χ0v) is 6.38. The molecule has 0 aliphatic heterocycles. The highest BCUT2D eigenvalue weighted by atomic mass is 127. The number of halogens is 5. The van der Waals surface area contributed by atoms with E-state index >= 15 is 0 Å². The van der Waals surface area contributed by atoms with Crippen LogP contribution in [0.3, 0.4) is 0 Å². The van der Waals surface area contributed by atoms with Crippen molar-refractivity contribution in [2.24, 2.45) is 0 Å². The van der Waals surface area contributed by atoms with Gasteiger partial charge in [0.2, 0.25) is 0 Å². The van der Waals surface area contributed by atoms with E-state index in [1.807, 2.05) is 0 Å². The van der Waals surface area contributed by atoms with Crippen molar-refractivity contribution >= 4 is 34.2 Å². The highest BCUT2D eigenvalue weighted by Gasteiger charge is 2.23. The molecule has 0 saturated heterocycles. The summed E-state index contributed by atoms with van der Waals surface area (Å²) in [5.41, 5.74) is 0. The summed E-state index contributed by atoms with van der Waals surface area (Å²) in [6, 6.07) is 0. The molecule has 0 aromatic carbocycles. The van der Waals surface area contributed by atoms with Crippen molar-refractivity contribution in [3.63, 3.8) is 0 Å². The van der Waals surface area contributed by atoms with Crippen LogP contribution in [0.5, 0.6) is 0 Å². The molecule has 48 valence electrons. The fourth-order valence-electron chi connectivity index (χ4n) is 0.124. The maximum atomic E-state index is 11.1. The van der Waals surface area contributed by atoms with Crippen molar-refractivity contribution < 1.29 is 13.2 Å². The van der Waals surface area contributed by atoms with Gasteiger partial charge in [-0.3, -0.25) is 0 Å². The van der Waals surface area contributed by atoms with E-state index in [1.54, 1.807) is 0 Å². The van der Waals surface area contributed by atoms with Gasteiger partial charge in [-0.25, -0.2) is 0 Å². The van der Waals surface area contributed by atoms with Crippen molar-refractivity contribution in [3.8, 4) is 0 Å². The highest BCUT2D eigenvalue weighted by Crippen LogP contribution is 2.23. The SMILES string of the molecule is FC(F)(F)/C=C(\Cl)I. The molecule has 8 heavy (non-hydrogen) atoms. The average Bonchev–Trinajstić information content (AvgIpc) is 1.21. The Balaban J connectivity index is 3.89. The van der Waals surface area contributed by atoms with Gasteiger partial charge >= 0.3 is 6.18 Å². The van der Waals surface area contributed by atoms with Gasteiger partial charge in [-0.1, -0.05) is 11.6 Å². The number of allylic oxidation sites excluding steroid dienone is 1. The lowest BCUT2D eigenvalue weighted by atomic mass is 10.6. The third kappa shape index (κ3) is 6.55. The first kappa shape index (κ1) is 8.55. The molecule has 0 rings (SSSR count). The summed E-state index contributed by atoms with van der Waals surface area (Å²) in [6.45, 7) is 0. The molecule has 0 aliphatic rings. The molecule has 0 radical (unpaired) electrons. The van der Waals surface area contributed by atoms with Gasteiger partial charge in [0.15, 0.2) is 0 Å². The Morgan fingerprint density at radius 3 is 1.88 bits per heavy atom. The molecule has 0 bridgehead atoms. The Kier molecular flexibility index (Phi) is 3.11. The van der Waals surface area contributed by atoms with Gasteiger partial charge in [0.25, 0.3) is 0 Å². The lowest BCUT2D eigenvalue weighted by molar-refractivity contribution is -0.0797. The lowest BCUT2D eigenvalue weighted by Crippen LogP contribution is -2.00. The minimum Gasteiger partial charge on any atom is -0.167 e. The van der Waals surface area contributed by atoms with Crippen LogP contribution < -0.4 is 0 Å². The zero-order chi connectivity index (χ0) is 6.78. The van der Waals surface area contributed by atoms with Crippen LogP contribution in [0.25, 0.3) is 0 Å². The number of hydrogen-bond donors (Lipinski definition) is 0. The monoisotopic (exact) mass is 256 g/mol. The van der Waals surface area contributed by atoms with Crippen LogP contribution in [0.4, 0.5) is 13.2 Å². The fraction of sp³-hybridized carbons (Fsp3) is 0.333. The summed E-state index contributed by atoms with van der Waals surface area (Å²) in [5.74, 6) is 0. The second-order valence-corrected chi connectivity index (χ2v) is 3.18. The van der Waals surface area contributed by atoms with Crippen molar-refractivity contribution in [3.05, 3.63) is 9.12 Å². The summed E-state index contributed by atoms with van der Waals surface area (Å²) in [5, 5.41) is 0. The van der Waals surface area contributed by atoms with E-state index in [4.69, 9.17) is 11.6 Å². The van der Waals surface area contributed by atoms with E-state index in [9.17, 15) is 13.2 Å². The standard InChI is InChI=1S/C3HClF3I/c4-2(8)1-3(5,6)7/h1H/b2-1+. The van der Waals surface area contributed by atoms with Crippen LogP contribution >= 0.6 is 34.2 Å².